The summed E-state index contributed by atoms with van der Waals surface area (Å²) in [6.07, 6.45) is 0. The predicted octanol–water partition coefficient (Wildman–Crippen LogP) is 2.74. The number of nitro groups is 2. The second-order valence-electron chi connectivity index (χ2n) is 5.00. The number of rotatable bonds is 2. The van der Waals surface area contributed by atoms with Crippen LogP contribution in [0.1, 0.15) is 19.4 Å². The molecule has 0 bridgehead atoms. The molecule has 1 aliphatic rings. The van der Waals surface area contributed by atoms with Crippen molar-refractivity contribution in [1.82, 2.24) is 0 Å². The van der Waals surface area contributed by atoms with Crippen molar-refractivity contribution in [3.8, 4) is 0 Å². The van der Waals surface area contributed by atoms with Crippen LogP contribution >= 0.6 is 0 Å². The third kappa shape index (κ3) is 1.66. The summed E-state index contributed by atoms with van der Waals surface area (Å²) in [5.74, 6) is 0. The van der Waals surface area contributed by atoms with E-state index in [1.54, 1.807) is 11.9 Å². The number of hydrogen-bond donors (Lipinski definition) is 0. The van der Waals surface area contributed by atoms with Crippen LogP contribution in [0, 0.1) is 20.2 Å². The molecular formula is C12H13N3O4. The highest BCUT2D eigenvalue weighted by molar-refractivity contribution is 5.76. The fourth-order valence-electron chi connectivity index (χ4n) is 2.36. The van der Waals surface area contributed by atoms with Crippen LogP contribution in [-0.2, 0) is 5.41 Å². The zero-order chi connectivity index (χ0) is 14.5. The molecule has 1 heterocycles. The summed E-state index contributed by atoms with van der Waals surface area (Å²) < 4.78 is 0. The highest BCUT2D eigenvalue weighted by Crippen LogP contribution is 2.49. The Morgan fingerprint density at radius 2 is 1.63 bits per heavy atom. The summed E-state index contributed by atoms with van der Waals surface area (Å²) in [5.41, 5.74) is 0.548. The van der Waals surface area contributed by atoms with E-state index in [4.69, 9.17) is 0 Å². The van der Waals surface area contributed by atoms with E-state index in [1.165, 1.54) is 12.1 Å². The summed E-state index contributed by atoms with van der Waals surface area (Å²) in [7, 11) is 1.74. The van der Waals surface area contributed by atoms with E-state index in [0.29, 0.717) is 11.3 Å². The first kappa shape index (κ1) is 13.0. The molecule has 7 heteroatoms. The molecule has 0 atom stereocenters. The molecule has 0 saturated heterocycles. The third-order valence-corrected chi connectivity index (χ3v) is 3.65. The van der Waals surface area contributed by atoms with Crippen LogP contribution in [0.4, 0.5) is 17.1 Å². The van der Waals surface area contributed by atoms with Crippen molar-refractivity contribution in [3.05, 3.63) is 50.2 Å². The van der Waals surface area contributed by atoms with Crippen LogP contribution in [-0.4, -0.2) is 16.9 Å². The van der Waals surface area contributed by atoms with Crippen molar-refractivity contribution in [1.29, 1.82) is 0 Å². The van der Waals surface area contributed by atoms with Crippen LogP contribution in [0.5, 0.6) is 0 Å². The Labute approximate surface area is 109 Å². The summed E-state index contributed by atoms with van der Waals surface area (Å²) in [6.45, 7) is 7.70. The molecule has 0 radical (unpaired) electrons. The maximum atomic E-state index is 11.0. The van der Waals surface area contributed by atoms with E-state index >= 15 is 0 Å². The smallest absolute Gasteiger partial charge is 0.347 e. The second-order valence-corrected chi connectivity index (χ2v) is 5.00. The molecule has 100 valence electrons. The third-order valence-electron chi connectivity index (χ3n) is 3.65. The molecule has 7 nitrogen and oxygen atoms in total. The lowest BCUT2D eigenvalue weighted by molar-refractivity contribution is -0.422. The van der Waals surface area contributed by atoms with E-state index < -0.39 is 26.6 Å². The minimum Gasteiger partial charge on any atom is -0.347 e. The number of allylic oxidation sites excluding steroid dienone is 1. The quantitative estimate of drug-likeness (QED) is 0.604. The number of nitrogens with zero attached hydrogens (tertiary/aromatic N) is 3. The van der Waals surface area contributed by atoms with Gasteiger partial charge in [0.15, 0.2) is 0 Å². The lowest BCUT2D eigenvalue weighted by Crippen LogP contribution is -2.21. The van der Waals surface area contributed by atoms with Crippen LogP contribution in [0.2, 0.25) is 0 Å². The molecule has 0 N–H and O–H groups in total. The number of hydrogen-bond acceptors (Lipinski definition) is 5. The van der Waals surface area contributed by atoms with Gasteiger partial charge in [-0.05, 0) is 5.56 Å². The van der Waals surface area contributed by atoms with Gasteiger partial charge in [0.05, 0.1) is 15.5 Å². The molecule has 0 aliphatic carbocycles. The maximum absolute atomic E-state index is 11.0. The first-order valence-corrected chi connectivity index (χ1v) is 5.58. The molecule has 19 heavy (non-hydrogen) atoms. The van der Waals surface area contributed by atoms with Gasteiger partial charge in [0.2, 0.25) is 0 Å². The van der Waals surface area contributed by atoms with E-state index in [-0.39, 0.29) is 0 Å². The molecular weight excluding hydrogens is 250 g/mol. The molecule has 0 saturated carbocycles. The molecule has 0 spiro atoms. The van der Waals surface area contributed by atoms with Gasteiger partial charge in [-0.3, -0.25) is 20.2 Å². The Bertz CT molecular complexity index is 622. The fourth-order valence-corrected chi connectivity index (χ4v) is 2.36. The Morgan fingerprint density at radius 1 is 1.16 bits per heavy atom. The van der Waals surface area contributed by atoms with Crippen molar-refractivity contribution >= 4 is 17.1 Å². The Hall–Kier alpha value is -2.44. The summed E-state index contributed by atoms with van der Waals surface area (Å²) >= 11 is 0. The average Bonchev–Trinajstić information content (AvgIpc) is 2.49. The largest absolute Gasteiger partial charge is 0.348 e. The van der Waals surface area contributed by atoms with Gasteiger partial charge < -0.3 is 4.90 Å². The highest BCUT2D eigenvalue weighted by atomic mass is 16.6. The standard InChI is InChI=1S/C12H13N3O4/c1-7-12(2,3)8-5-10(14(16)17)11(15(18)19)6-9(8)13(7)4/h5-6H,1H2,2-4H3. The van der Waals surface area contributed by atoms with Crippen LogP contribution in [0.3, 0.4) is 0 Å². The number of fused-ring (bicyclic) bond motifs is 1. The summed E-state index contributed by atoms with van der Waals surface area (Å²) in [5, 5.41) is 21.9. The Morgan fingerprint density at radius 3 is 2.11 bits per heavy atom. The maximum Gasteiger partial charge on any atom is 0.348 e. The van der Waals surface area contributed by atoms with Gasteiger partial charge in [-0.1, -0.05) is 20.4 Å². The summed E-state index contributed by atoms with van der Waals surface area (Å²) in [4.78, 5) is 22.2. The van der Waals surface area contributed by atoms with Gasteiger partial charge in [0.1, 0.15) is 0 Å². The lowest BCUT2D eigenvalue weighted by atomic mass is 9.84. The molecule has 0 aromatic heterocycles. The Balaban J connectivity index is 2.79. The van der Waals surface area contributed by atoms with Crippen LogP contribution in [0.15, 0.2) is 24.4 Å². The van der Waals surface area contributed by atoms with Gasteiger partial charge in [-0.15, -0.1) is 0 Å². The van der Waals surface area contributed by atoms with Crippen LogP contribution < -0.4 is 4.90 Å². The van der Waals surface area contributed by atoms with Crippen molar-refractivity contribution in [2.45, 2.75) is 19.3 Å². The van der Waals surface area contributed by atoms with Gasteiger partial charge >= 0.3 is 11.4 Å². The van der Waals surface area contributed by atoms with E-state index in [9.17, 15) is 20.2 Å². The molecule has 0 amide bonds. The van der Waals surface area contributed by atoms with Crippen molar-refractivity contribution in [2.75, 3.05) is 11.9 Å². The number of anilines is 1. The van der Waals surface area contributed by atoms with E-state index in [2.05, 4.69) is 6.58 Å². The molecule has 0 unspecified atom stereocenters. The normalized spacial score (nSPS) is 16.4. The monoisotopic (exact) mass is 263 g/mol. The molecule has 1 aromatic carbocycles. The first-order valence-electron chi connectivity index (χ1n) is 5.58. The minimum atomic E-state index is -0.736. The Kier molecular flexibility index (Phi) is 2.58. The van der Waals surface area contributed by atoms with Gasteiger partial charge in [-0.2, -0.15) is 0 Å². The zero-order valence-corrected chi connectivity index (χ0v) is 10.8. The molecule has 2 rings (SSSR count). The van der Waals surface area contributed by atoms with Crippen molar-refractivity contribution in [2.24, 2.45) is 0 Å². The number of nitro benzene ring substituents is 2. The van der Waals surface area contributed by atoms with Crippen molar-refractivity contribution in [3.63, 3.8) is 0 Å². The predicted molar refractivity (Wildman–Crippen MR) is 70.3 cm³/mol. The molecule has 1 aromatic rings. The summed E-state index contributed by atoms with van der Waals surface area (Å²) in [6, 6.07) is 2.52. The van der Waals surface area contributed by atoms with Gasteiger partial charge in [-0.25, -0.2) is 0 Å². The van der Waals surface area contributed by atoms with Gasteiger partial charge in [0.25, 0.3) is 0 Å². The minimum absolute atomic E-state index is 0.482. The first-order chi connectivity index (χ1) is 8.67. The lowest BCUT2D eigenvalue weighted by Gasteiger charge is -2.22. The number of benzene rings is 1. The highest BCUT2D eigenvalue weighted by Gasteiger charge is 2.41. The SMILES string of the molecule is C=C1N(C)c2cc([N+](=O)[O-])c([N+](=O)[O-])cc2C1(C)C. The van der Waals surface area contributed by atoms with Crippen molar-refractivity contribution < 1.29 is 9.85 Å². The average molecular weight is 263 g/mol. The molecule has 0 fully saturated rings. The van der Waals surface area contributed by atoms with E-state index in [1.807, 2.05) is 13.8 Å². The zero-order valence-electron chi connectivity index (χ0n) is 10.8. The van der Waals surface area contributed by atoms with E-state index in [0.717, 1.165) is 5.70 Å². The fraction of sp³-hybridized carbons (Fsp3) is 0.333. The topological polar surface area (TPSA) is 89.5 Å². The second kappa shape index (κ2) is 3.78. The van der Waals surface area contributed by atoms with Gasteiger partial charge in [0, 0.05) is 30.3 Å². The van der Waals surface area contributed by atoms with Crippen LogP contribution in [0.25, 0.3) is 0 Å². The molecule has 1 aliphatic heterocycles. The number of likely N-dealkylation sites (N-methyl/N-ethyl adjacent to an activating group) is 1.